The molecular formula is C19H26O2W. The SMILES string of the molecule is [CH2-]CC(C[CH2-])C1CCC(C(=O)OC2=CC=CCC=C2)CC1.[W+2]. The van der Waals surface area contributed by atoms with E-state index in [9.17, 15) is 4.79 Å². The first-order chi connectivity index (χ1) is 10.2. The second kappa shape index (κ2) is 10.2. The molecule has 0 aromatic rings. The molecule has 3 heteroatoms. The van der Waals surface area contributed by atoms with Crippen LogP contribution >= 0.6 is 0 Å². The van der Waals surface area contributed by atoms with Gasteiger partial charge in [0.25, 0.3) is 0 Å². The first kappa shape index (κ1) is 19.4. The summed E-state index contributed by atoms with van der Waals surface area (Å²) >= 11 is 0. The van der Waals surface area contributed by atoms with Crippen LogP contribution in [0.5, 0.6) is 0 Å². The van der Waals surface area contributed by atoms with Crippen molar-refractivity contribution in [1.29, 1.82) is 0 Å². The fourth-order valence-electron chi connectivity index (χ4n) is 3.27. The van der Waals surface area contributed by atoms with Gasteiger partial charge < -0.3 is 18.6 Å². The van der Waals surface area contributed by atoms with Gasteiger partial charge in [-0.3, -0.25) is 4.79 Å². The Bertz CT molecular complexity index is 425. The molecule has 0 radical (unpaired) electrons. The quantitative estimate of drug-likeness (QED) is 0.427. The van der Waals surface area contributed by atoms with E-state index in [0.29, 0.717) is 17.6 Å². The van der Waals surface area contributed by atoms with E-state index in [0.717, 1.165) is 44.9 Å². The Labute approximate surface area is 149 Å². The molecule has 2 nitrogen and oxygen atoms in total. The number of ether oxygens (including phenoxy) is 1. The molecule has 0 heterocycles. The molecule has 1 fully saturated rings. The van der Waals surface area contributed by atoms with Gasteiger partial charge in [-0.25, -0.2) is 0 Å². The second-order valence-electron chi connectivity index (χ2n) is 6.01. The van der Waals surface area contributed by atoms with E-state index >= 15 is 0 Å². The van der Waals surface area contributed by atoms with Crippen molar-refractivity contribution in [1.82, 2.24) is 0 Å². The third-order valence-corrected chi connectivity index (χ3v) is 4.68. The summed E-state index contributed by atoms with van der Waals surface area (Å²) in [6.07, 6.45) is 16.6. The van der Waals surface area contributed by atoms with Gasteiger partial charge >= 0.3 is 27.0 Å². The number of esters is 1. The van der Waals surface area contributed by atoms with E-state index < -0.39 is 0 Å². The molecule has 0 aliphatic heterocycles. The molecule has 0 amide bonds. The Morgan fingerprint density at radius 1 is 1.18 bits per heavy atom. The monoisotopic (exact) mass is 470 g/mol. The van der Waals surface area contributed by atoms with Crippen LogP contribution < -0.4 is 0 Å². The van der Waals surface area contributed by atoms with Crippen LogP contribution in [-0.4, -0.2) is 5.97 Å². The maximum atomic E-state index is 12.2. The molecule has 0 atom stereocenters. The van der Waals surface area contributed by atoms with Crippen LogP contribution in [0.25, 0.3) is 0 Å². The van der Waals surface area contributed by atoms with Gasteiger partial charge in [-0.05, 0) is 50.2 Å². The Balaban J connectivity index is 0.00000242. The molecular weight excluding hydrogens is 444 g/mol. The Kier molecular flexibility index (Phi) is 9.01. The van der Waals surface area contributed by atoms with Crippen molar-refractivity contribution in [3.8, 4) is 0 Å². The number of carbonyl (C=O) groups excluding carboxylic acids is 1. The first-order valence-corrected chi connectivity index (χ1v) is 8.08. The van der Waals surface area contributed by atoms with Crippen molar-refractivity contribution in [2.75, 3.05) is 0 Å². The Hall–Kier alpha value is -0.622. The number of hydrogen-bond donors (Lipinski definition) is 0. The molecule has 2 aliphatic rings. The zero-order valence-corrected chi connectivity index (χ0v) is 16.1. The largest absolute Gasteiger partial charge is 2.00 e. The Morgan fingerprint density at radius 2 is 1.86 bits per heavy atom. The molecule has 120 valence electrons. The zero-order valence-electron chi connectivity index (χ0n) is 13.2. The predicted octanol–water partition coefficient (Wildman–Crippen LogP) is 4.80. The van der Waals surface area contributed by atoms with E-state index in [4.69, 9.17) is 4.74 Å². The van der Waals surface area contributed by atoms with Crippen molar-refractivity contribution < 1.29 is 30.6 Å². The minimum Gasteiger partial charge on any atom is -0.426 e. The zero-order chi connectivity index (χ0) is 15.1. The van der Waals surface area contributed by atoms with Gasteiger partial charge in [0.15, 0.2) is 0 Å². The number of allylic oxidation sites excluding steroid dienone is 5. The van der Waals surface area contributed by atoms with Crippen molar-refractivity contribution in [2.24, 2.45) is 17.8 Å². The first-order valence-electron chi connectivity index (χ1n) is 8.08. The molecule has 0 unspecified atom stereocenters. The average molecular weight is 470 g/mol. The van der Waals surface area contributed by atoms with E-state index in [1.807, 2.05) is 30.4 Å². The normalized spacial score (nSPS) is 24.4. The standard InChI is InChI=1S/C19H26O2.W/c1-3-15(4-2)16-11-13-17(14-12-16)19(20)21-18-9-7-5-6-8-10-18;/h5,7-10,15-17H,1-4,6,11-14H2;/q-2;+2. The number of hydrogen-bond acceptors (Lipinski definition) is 2. The van der Waals surface area contributed by atoms with Gasteiger partial charge in [0.1, 0.15) is 5.76 Å². The summed E-state index contributed by atoms with van der Waals surface area (Å²) in [6.45, 7) is 8.04. The van der Waals surface area contributed by atoms with Gasteiger partial charge in [-0.15, -0.1) is 0 Å². The van der Waals surface area contributed by atoms with Gasteiger partial charge in [0, 0.05) is 0 Å². The summed E-state index contributed by atoms with van der Waals surface area (Å²) in [5.74, 6) is 1.94. The Morgan fingerprint density at radius 3 is 2.50 bits per heavy atom. The van der Waals surface area contributed by atoms with Crippen LogP contribution in [0.3, 0.4) is 0 Å². The smallest absolute Gasteiger partial charge is 0.426 e. The fraction of sp³-hybridized carbons (Fsp3) is 0.526. The van der Waals surface area contributed by atoms with E-state index in [1.54, 1.807) is 0 Å². The van der Waals surface area contributed by atoms with Gasteiger partial charge in [-0.1, -0.05) is 24.1 Å². The topological polar surface area (TPSA) is 26.3 Å². The van der Waals surface area contributed by atoms with Crippen molar-refractivity contribution in [3.63, 3.8) is 0 Å². The maximum absolute atomic E-state index is 12.2. The molecule has 2 rings (SSSR count). The van der Waals surface area contributed by atoms with Crippen LogP contribution in [-0.2, 0) is 30.6 Å². The van der Waals surface area contributed by atoms with Gasteiger partial charge in [-0.2, -0.15) is 12.8 Å². The number of carbonyl (C=O) groups is 1. The third kappa shape index (κ3) is 5.54. The van der Waals surface area contributed by atoms with Crippen molar-refractivity contribution >= 4 is 5.97 Å². The molecule has 2 aliphatic carbocycles. The minimum atomic E-state index is -0.0690. The molecule has 0 saturated heterocycles. The summed E-state index contributed by atoms with van der Waals surface area (Å²) in [4.78, 5) is 12.2. The summed E-state index contributed by atoms with van der Waals surface area (Å²) in [7, 11) is 0. The van der Waals surface area contributed by atoms with Crippen molar-refractivity contribution in [2.45, 2.75) is 44.9 Å². The van der Waals surface area contributed by atoms with E-state index in [-0.39, 0.29) is 33.0 Å². The summed E-state index contributed by atoms with van der Waals surface area (Å²) in [5.41, 5.74) is 0. The van der Waals surface area contributed by atoms with Crippen LogP contribution in [0.2, 0.25) is 0 Å². The van der Waals surface area contributed by atoms with Gasteiger partial charge in [0.2, 0.25) is 0 Å². The average Bonchev–Trinajstić information content (AvgIpc) is 2.78. The van der Waals surface area contributed by atoms with E-state index in [2.05, 4.69) is 13.8 Å². The molecule has 0 spiro atoms. The van der Waals surface area contributed by atoms with E-state index in [1.165, 1.54) is 0 Å². The summed E-state index contributed by atoms with van der Waals surface area (Å²) in [5, 5.41) is 0. The molecule has 22 heavy (non-hydrogen) atoms. The van der Waals surface area contributed by atoms with Crippen LogP contribution in [0.15, 0.2) is 36.1 Å². The predicted molar refractivity (Wildman–Crippen MR) is 86.0 cm³/mol. The van der Waals surface area contributed by atoms with Crippen LogP contribution in [0.1, 0.15) is 44.9 Å². The fourth-order valence-corrected chi connectivity index (χ4v) is 3.27. The van der Waals surface area contributed by atoms with Gasteiger partial charge in [0.05, 0.1) is 5.92 Å². The van der Waals surface area contributed by atoms with Crippen molar-refractivity contribution in [3.05, 3.63) is 50.0 Å². The second-order valence-corrected chi connectivity index (χ2v) is 6.01. The molecule has 0 N–H and O–H groups in total. The molecule has 1 saturated carbocycles. The maximum Gasteiger partial charge on any atom is 2.00 e. The van der Waals surface area contributed by atoms with Crippen LogP contribution in [0.4, 0.5) is 0 Å². The third-order valence-electron chi connectivity index (χ3n) is 4.68. The summed E-state index contributed by atoms with van der Waals surface area (Å²) in [6, 6.07) is 0. The molecule has 0 aromatic heterocycles. The number of rotatable bonds is 5. The minimum absolute atomic E-state index is 0. The van der Waals surface area contributed by atoms with Crippen LogP contribution in [0, 0.1) is 31.6 Å². The molecule has 0 bridgehead atoms. The summed E-state index contributed by atoms with van der Waals surface area (Å²) < 4.78 is 5.52. The molecule has 0 aromatic carbocycles.